The normalized spacial score (nSPS) is 34.2. The zero-order valence-corrected chi connectivity index (χ0v) is 12.4. The number of piperidine rings is 2. The maximum absolute atomic E-state index is 13.4. The van der Waals surface area contributed by atoms with Gasteiger partial charge in [0.15, 0.2) is 0 Å². The number of hydrogen-bond donors (Lipinski definition) is 1. The molecule has 2 saturated heterocycles. The summed E-state index contributed by atoms with van der Waals surface area (Å²) in [5, 5.41) is 11.0. The second kappa shape index (κ2) is 5.12. The molecule has 2 aliphatic rings. The maximum atomic E-state index is 13.4. The highest BCUT2D eigenvalue weighted by Gasteiger charge is 2.43. The first kappa shape index (κ1) is 14.0. The van der Waals surface area contributed by atoms with Gasteiger partial charge in [-0.2, -0.15) is 0 Å². The number of nitrogens with zero attached hydrogens (tertiary/aromatic N) is 1. The van der Waals surface area contributed by atoms with Gasteiger partial charge in [0.1, 0.15) is 5.82 Å². The van der Waals surface area contributed by atoms with Crippen molar-refractivity contribution in [1.29, 1.82) is 0 Å². The van der Waals surface area contributed by atoms with Crippen LogP contribution in [0.1, 0.15) is 43.2 Å². The maximum Gasteiger partial charge on any atom is 0.123 e. The van der Waals surface area contributed by atoms with Gasteiger partial charge in [-0.05, 0) is 62.9 Å². The second-order valence-electron chi connectivity index (χ2n) is 6.78. The number of fused-ring (bicyclic) bond motifs is 2. The van der Waals surface area contributed by atoms with Crippen LogP contribution in [-0.4, -0.2) is 34.7 Å². The molecule has 0 saturated carbocycles. The van der Waals surface area contributed by atoms with Gasteiger partial charge in [0.25, 0.3) is 0 Å². The lowest BCUT2D eigenvalue weighted by molar-refractivity contribution is -0.0821. The summed E-state index contributed by atoms with van der Waals surface area (Å²) in [4.78, 5) is 2.44. The third-order valence-electron chi connectivity index (χ3n) is 5.29. The molecule has 1 N–H and O–H groups in total. The molecule has 20 heavy (non-hydrogen) atoms. The molecule has 1 aromatic carbocycles. The minimum atomic E-state index is -0.666. The van der Waals surface area contributed by atoms with Crippen LogP contribution in [-0.2, 0) is 6.42 Å². The van der Waals surface area contributed by atoms with E-state index < -0.39 is 5.60 Å². The van der Waals surface area contributed by atoms with Crippen molar-refractivity contribution in [2.45, 2.75) is 63.1 Å². The first-order chi connectivity index (χ1) is 9.47. The third kappa shape index (κ3) is 2.61. The van der Waals surface area contributed by atoms with Crippen LogP contribution in [0.5, 0.6) is 0 Å². The minimum absolute atomic E-state index is 0.206. The second-order valence-corrected chi connectivity index (χ2v) is 6.78. The van der Waals surface area contributed by atoms with Crippen molar-refractivity contribution in [1.82, 2.24) is 4.90 Å². The fourth-order valence-electron chi connectivity index (χ4n) is 4.08. The van der Waals surface area contributed by atoms with Gasteiger partial charge in [-0.1, -0.05) is 12.5 Å². The molecule has 2 fully saturated rings. The summed E-state index contributed by atoms with van der Waals surface area (Å²) in [7, 11) is 2.18. The Kier molecular flexibility index (Phi) is 3.59. The molecule has 2 nitrogen and oxygen atoms in total. The monoisotopic (exact) mass is 277 g/mol. The molecular formula is C17H24FNO. The van der Waals surface area contributed by atoms with Gasteiger partial charge in [-0.3, -0.25) is 0 Å². The molecule has 0 radical (unpaired) electrons. The lowest BCUT2D eigenvalue weighted by Gasteiger charge is -2.50. The van der Waals surface area contributed by atoms with Crippen LogP contribution in [0.3, 0.4) is 0 Å². The summed E-state index contributed by atoms with van der Waals surface area (Å²) in [5.74, 6) is -0.206. The molecule has 0 spiro atoms. The van der Waals surface area contributed by atoms with E-state index in [1.165, 1.54) is 25.3 Å². The quantitative estimate of drug-likeness (QED) is 0.898. The van der Waals surface area contributed by atoms with Crippen LogP contribution in [0.2, 0.25) is 0 Å². The van der Waals surface area contributed by atoms with E-state index in [0.717, 1.165) is 24.0 Å². The fourth-order valence-corrected chi connectivity index (χ4v) is 4.08. The van der Waals surface area contributed by atoms with Gasteiger partial charge >= 0.3 is 0 Å². The molecule has 110 valence electrons. The zero-order valence-electron chi connectivity index (χ0n) is 12.4. The van der Waals surface area contributed by atoms with Crippen LogP contribution in [0.25, 0.3) is 0 Å². The molecule has 0 aromatic heterocycles. The summed E-state index contributed by atoms with van der Waals surface area (Å²) in [5.41, 5.74) is 1.36. The predicted molar refractivity (Wildman–Crippen MR) is 78.2 cm³/mol. The molecule has 2 aliphatic heterocycles. The minimum Gasteiger partial charge on any atom is -0.389 e. The van der Waals surface area contributed by atoms with Crippen molar-refractivity contribution in [2.75, 3.05) is 7.05 Å². The van der Waals surface area contributed by atoms with Gasteiger partial charge < -0.3 is 10.0 Å². The summed E-state index contributed by atoms with van der Waals surface area (Å²) in [6.07, 6.45) is 5.84. The Balaban J connectivity index is 1.81. The molecule has 0 aliphatic carbocycles. The number of aliphatic hydroxyl groups is 1. The molecule has 2 unspecified atom stereocenters. The van der Waals surface area contributed by atoms with Crippen molar-refractivity contribution in [3.8, 4) is 0 Å². The lowest BCUT2D eigenvalue weighted by Crippen LogP contribution is -2.57. The highest BCUT2D eigenvalue weighted by Crippen LogP contribution is 2.40. The van der Waals surface area contributed by atoms with Crippen LogP contribution in [0, 0.1) is 12.7 Å². The topological polar surface area (TPSA) is 23.5 Å². The number of rotatable bonds is 2. The van der Waals surface area contributed by atoms with Gasteiger partial charge in [0.2, 0.25) is 0 Å². The van der Waals surface area contributed by atoms with Crippen LogP contribution in [0.15, 0.2) is 18.2 Å². The Morgan fingerprint density at radius 2 is 1.95 bits per heavy atom. The fraction of sp³-hybridized carbons (Fsp3) is 0.647. The lowest BCUT2D eigenvalue weighted by atomic mass is 9.73. The highest BCUT2D eigenvalue weighted by molar-refractivity contribution is 5.28. The average Bonchev–Trinajstić information content (AvgIpc) is 2.36. The number of halogens is 1. The Hall–Kier alpha value is -0.930. The van der Waals surface area contributed by atoms with Crippen LogP contribution < -0.4 is 0 Å². The number of benzene rings is 1. The van der Waals surface area contributed by atoms with E-state index in [2.05, 4.69) is 11.9 Å². The Morgan fingerprint density at radius 1 is 1.30 bits per heavy atom. The first-order valence-corrected chi connectivity index (χ1v) is 7.66. The molecule has 2 bridgehead atoms. The van der Waals surface area contributed by atoms with Gasteiger partial charge in [-0.25, -0.2) is 4.39 Å². The van der Waals surface area contributed by atoms with E-state index in [1.807, 2.05) is 13.0 Å². The zero-order chi connectivity index (χ0) is 14.3. The van der Waals surface area contributed by atoms with E-state index in [9.17, 15) is 9.50 Å². The molecule has 3 rings (SSSR count). The van der Waals surface area contributed by atoms with Crippen LogP contribution >= 0.6 is 0 Å². The molecule has 2 heterocycles. The summed E-state index contributed by atoms with van der Waals surface area (Å²) < 4.78 is 13.4. The summed E-state index contributed by atoms with van der Waals surface area (Å²) in [6.45, 7) is 1.99. The van der Waals surface area contributed by atoms with Crippen molar-refractivity contribution in [3.63, 3.8) is 0 Å². The summed E-state index contributed by atoms with van der Waals surface area (Å²) in [6, 6.07) is 5.86. The van der Waals surface area contributed by atoms with E-state index in [-0.39, 0.29) is 5.82 Å². The Morgan fingerprint density at radius 3 is 2.60 bits per heavy atom. The average molecular weight is 277 g/mol. The van der Waals surface area contributed by atoms with E-state index in [4.69, 9.17) is 0 Å². The first-order valence-electron chi connectivity index (χ1n) is 7.66. The van der Waals surface area contributed by atoms with Gasteiger partial charge in [-0.15, -0.1) is 0 Å². The number of hydrogen-bond acceptors (Lipinski definition) is 2. The molecule has 1 aromatic rings. The predicted octanol–water partition coefficient (Wildman–Crippen LogP) is 3.05. The molecular weight excluding hydrogens is 253 g/mol. The van der Waals surface area contributed by atoms with Crippen molar-refractivity contribution in [3.05, 3.63) is 35.1 Å². The third-order valence-corrected chi connectivity index (χ3v) is 5.29. The highest BCUT2D eigenvalue weighted by atomic mass is 19.1. The Bertz CT molecular complexity index is 488. The van der Waals surface area contributed by atoms with Crippen molar-refractivity contribution >= 4 is 0 Å². The van der Waals surface area contributed by atoms with E-state index in [1.54, 1.807) is 6.07 Å². The summed E-state index contributed by atoms with van der Waals surface area (Å²) >= 11 is 0. The van der Waals surface area contributed by atoms with Gasteiger partial charge in [0, 0.05) is 18.5 Å². The smallest absolute Gasteiger partial charge is 0.123 e. The Labute approximate surface area is 120 Å². The van der Waals surface area contributed by atoms with Crippen molar-refractivity contribution < 1.29 is 9.50 Å². The number of aryl methyl sites for hydroxylation is 1. The van der Waals surface area contributed by atoms with E-state index >= 15 is 0 Å². The molecule has 0 amide bonds. The van der Waals surface area contributed by atoms with Crippen molar-refractivity contribution in [2.24, 2.45) is 0 Å². The van der Waals surface area contributed by atoms with Crippen LogP contribution in [0.4, 0.5) is 4.39 Å². The SMILES string of the molecule is Cc1ccc(F)cc1CC1(O)CC2CCCC(C1)N2C. The van der Waals surface area contributed by atoms with E-state index in [0.29, 0.717) is 18.5 Å². The van der Waals surface area contributed by atoms with Gasteiger partial charge in [0.05, 0.1) is 5.60 Å². The molecule has 2 atom stereocenters. The standard InChI is InChI=1S/C17H24FNO/c1-12-6-7-14(18)8-13(12)9-17(20)10-15-4-3-5-16(11-17)19(15)2/h6-8,15-16,20H,3-5,9-11H2,1-2H3. The molecule has 3 heteroatoms. The largest absolute Gasteiger partial charge is 0.389 e.